The zero-order valence-corrected chi connectivity index (χ0v) is 10.1. The van der Waals surface area contributed by atoms with Crippen LogP contribution < -0.4 is 0 Å². The molecule has 1 nitrogen and oxygen atoms in total. The Morgan fingerprint density at radius 2 is 1.67 bits per heavy atom. The van der Waals surface area contributed by atoms with E-state index in [2.05, 4.69) is 71.3 Å². The Bertz CT molecular complexity index is 665. The van der Waals surface area contributed by atoms with Gasteiger partial charge in [-0.1, -0.05) is 42.5 Å². The number of allylic oxidation sites excluding steroid dienone is 1. The number of rotatable bonds is 1. The quantitative estimate of drug-likeness (QED) is 0.664. The number of hydrogen-bond acceptors (Lipinski definition) is 0. The lowest BCUT2D eigenvalue weighted by atomic mass is 10.1. The SMILES string of the molecule is C1=CC2c3ccccc3C[N+]2=C1c1ccccc1. The topological polar surface area (TPSA) is 3.01 Å². The van der Waals surface area contributed by atoms with E-state index in [1.54, 1.807) is 0 Å². The van der Waals surface area contributed by atoms with Crippen LogP contribution >= 0.6 is 0 Å². The van der Waals surface area contributed by atoms with Gasteiger partial charge in [-0.25, -0.2) is 4.58 Å². The summed E-state index contributed by atoms with van der Waals surface area (Å²) >= 11 is 0. The van der Waals surface area contributed by atoms with Crippen LogP contribution in [-0.4, -0.2) is 10.3 Å². The Balaban J connectivity index is 1.86. The van der Waals surface area contributed by atoms with Crippen LogP contribution in [0.15, 0.2) is 66.7 Å². The minimum absolute atomic E-state index is 0.441. The highest BCUT2D eigenvalue weighted by Gasteiger charge is 2.37. The van der Waals surface area contributed by atoms with Gasteiger partial charge in [0.05, 0.1) is 0 Å². The zero-order chi connectivity index (χ0) is 11.9. The van der Waals surface area contributed by atoms with Crippen molar-refractivity contribution in [3.63, 3.8) is 0 Å². The second kappa shape index (κ2) is 3.67. The highest BCUT2D eigenvalue weighted by atomic mass is 15.1. The molecule has 0 fully saturated rings. The van der Waals surface area contributed by atoms with Gasteiger partial charge in [0, 0.05) is 22.8 Å². The molecule has 1 unspecified atom stereocenters. The van der Waals surface area contributed by atoms with Gasteiger partial charge in [-0.3, -0.25) is 0 Å². The molecule has 86 valence electrons. The van der Waals surface area contributed by atoms with Gasteiger partial charge < -0.3 is 0 Å². The van der Waals surface area contributed by atoms with Crippen LogP contribution in [0.5, 0.6) is 0 Å². The highest BCUT2D eigenvalue weighted by molar-refractivity contribution is 6.06. The Morgan fingerprint density at radius 3 is 2.56 bits per heavy atom. The summed E-state index contributed by atoms with van der Waals surface area (Å²) in [6.45, 7) is 1.03. The van der Waals surface area contributed by atoms with Crippen LogP contribution in [0, 0.1) is 0 Å². The average Bonchev–Trinajstić information content (AvgIpc) is 2.98. The predicted octanol–water partition coefficient (Wildman–Crippen LogP) is 3.31. The average molecular weight is 232 g/mol. The summed E-state index contributed by atoms with van der Waals surface area (Å²) in [5.41, 5.74) is 5.57. The summed E-state index contributed by atoms with van der Waals surface area (Å²) in [6, 6.07) is 19.8. The van der Waals surface area contributed by atoms with Crippen LogP contribution in [0.25, 0.3) is 0 Å². The molecule has 0 N–H and O–H groups in total. The molecular formula is C17H14N+. The highest BCUT2D eigenvalue weighted by Crippen LogP contribution is 2.35. The molecule has 0 aliphatic carbocycles. The molecule has 0 radical (unpaired) electrons. The van der Waals surface area contributed by atoms with E-state index < -0.39 is 0 Å². The number of hydrogen-bond donors (Lipinski definition) is 0. The lowest BCUT2D eigenvalue weighted by Gasteiger charge is -2.01. The van der Waals surface area contributed by atoms with E-state index in [0.717, 1.165) is 6.54 Å². The molecule has 2 aromatic carbocycles. The fourth-order valence-electron chi connectivity index (χ4n) is 3.01. The summed E-state index contributed by atoms with van der Waals surface area (Å²) in [5, 5.41) is 0. The second-order valence-electron chi connectivity index (χ2n) is 4.88. The smallest absolute Gasteiger partial charge is 0.208 e. The Hall–Kier alpha value is -2.15. The minimum Gasteiger partial charge on any atom is -0.214 e. The molecular weight excluding hydrogens is 218 g/mol. The van der Waals surface area contributed by atoms with Crippen LogP contribution in [0.1, 0.15) is 22.7 Å². The van der Waals surface area contributed by atoms with Crippen molar-refractivity contribution in [1.29, 1.82) is 0 Å². The van der Waals surface area contributed by atoms with Gasteiger partial charge in [-0.05, 0) is 18.2 Å². The number of fused-ring (bicyclic) bond motifs is 3. The summed E-state index contributed by atoms with van der Waals surface area (Å²) in [5.74, 6) is 0. The molecule has 0 saturated carbocycles. The van der Waals surface area contributed by atoms with E-state index in [9.17, 15) is 0 Å². The minimum atomic E-state index is 0.441. The van der Waals surface area contributed by atoms with E-state index in [0.29, 0.717) is 6.04 Å². The van der Waals surface area contributed by atoms with Crippen molar-refractivity contribution in [2.75, 3.05) is 0 Å². The molecule has 2 aromatic rings. The molecule has 1 atom stereocenters. The molecule has 2 aliphatic heterocycles. The zero-order valence-electron chi connectivity index (χ0n) is 10.1. The van der Waals surface area contributed by atoms with Crippen LogP contribution in [0.4, 0.5) is 0 Å². The lowest BCUT2D eigenvalue weighted by Crippen LogP contribution is -2.13. The first-order chi connectivity index (χ1) is 8.93. The fraction of sp³-hybridized carbons (Fsp3) is 0.118. The van der Waals surface area contributed by atoms with Crippen molar-refractivity contribution in [2.45, 2.75) is 12.6 Å². The van der Waals surface area contributed by atoms with Crippen molar-refractivity contribution in [2.24, 2.45) is 0 Å². The molecule has 0 amide bonds. The Labute approximate surface area is 107 Å². The molecule has 4 rings (SSSR count). The van der Waals surface area contributed by atoms with Gasteiger partial charge in [0.2, 0.25) is 5.71 Å². The standard InChI is InChI=1S/C17H14N/c1-2-6-13(7-3-1)16-10-11-17-15-9-5-4-8-14(15)12-18(16)17/h1-11,17H,12H2/q+1. The first kappa shape index (κ1) is 9.84. The van der Waals surface area contributed by atoms with Crippen molar-refractivity contribution in [3.05, 3.63) is 83.4 Å². The fourth-order valence-corrected chi connectivity index (χ4v) is 3.01. The van der Waals surface area contributed by atoms with Crippen LogP contribution in [0.2, 0.25) is 0 Å². The van der Waals surface area contributed by atoms with E-state index in [1.807, 2.05) is 0 Å². The van der Waals surface area contributed by atoms with Crippen molar-refractivity contribution < 1.29 is 4.58 Å². The summed E-state index contributed by atoms with van der Waals surface area (Å²) in [6.07, 6.45) is 4.57. The van der Waals surface area contributed by atoms with Gasteiger partial charge in [-0.2, -0.15) is 0 Å². The first-order valence-electron chi connectivity index (χ1n) is 6.38. The van der Waals surface area contributed by atoms with Crippen molar-refractivity contribution in [1.82, 2.24) is 0 Å². The van der Waals surface area contributed by atoms with Crippen molar-refractivity contribution >= 4 is 5.71 Å². The number of benzene rings is 2. The predicted molar refractivity (Wildman–Crippen MR) is 72.8 cm³/mol. The molecule has 0 spiro atoms. The lowest BCUT2D eigenvalue weighted by molar-refractivity contribution is -0.560. The molecule has 2 aliphatic rings. The third-order valence-corrected chi connectivity index (χ3v) is 3.87. The summed E-state index contributed by atoms with van der Waals surface area (Å²) in [4.78, 5) is 0. The van der Waals surface area contributed by atoms with E-state index in [1.165, 1.54) is 22.4 Å². The van der Waals surface area contributed by atoms with E-state index >= 15 is 0 Å². The number of nitrogens with zero attached hydrogens (tertiary/aromatic N) is 1. The second-order valence-corrected chi connectivity index (χ2v) is 4.88. The van der Waals surface area contributed by atoms with Crippen LogP contribution in [0.3, 0.4) is 0 Å². The maximum absolute atomic E-state index is 2.49. The van der Waals surface area contributed by atoms with Crippen LogP contribution in [-0.2, 0) is 6.54 Å². The third kappa shape index (κ3) is 1.31. The normalized spacial score (nSPS) is 20.1. The molecule has 2 heterocycles. The van der Waals surface area contributed by atoms with Gasteiger partial charge in [0.1, 0.15) is 0 Å². The summed E-state index contributed by atoms with van der Waals surface area (Å²) in [7, 11) is 0. The molecule has 0 bridgehead atoms. The monoisotopic (exact) mass is 232 g/mol. The van der Waals surface area contributed by atoms with Crippen molar-refractivity contribution in [3.8, 4) is 0 Å². The Morgan fingerprint density at radius 1 is 0.889 bits per heavy atom. The maximum atomic E-state index is 2.49. The molecule has 1 heteroatoms. The summed E-state index contributed by atoms with van der Waals surface area (Å²) < 4.78 is 2.49. The van der Waals surface area contributed by atoms with Gasteiger partial charge in [-0.15, -0.1) is 0 Å². The largest absolute Gasteiger partial charge is 0.214 e. The van der Waals surface area contributed by atoms with Gasteiger partial charge in [0.25, 0.3) is 0 Å². The molecule has 18 heavy (non-hydrogen) atoms. The maximum Gasteiger partial charge on any atom is 0.208 e. The Kier molecular flexibility index (Phi) is 2.01. The van der Waals surface area contributed by atoms with E-state index in [-0.39, 0.29) is 0 Å². The third-order valence-electron chi connectivity index (χ3n) is 3.87. The van der Waals surface area contributed by atoms with Gasteiger partial charge >= 0.3 is 0 Å². The molecule has 0 aromatic heterocycles. The first-order valence-corrected chi connectivity index (χ1v) is 6.38. The van der Waals surface area contributed by atoms with Gasteiger partial charge in [0.15, 0.2) is 12.6 Å². The molecule has 0 saturated heterocycles. The van der Waals surface area contributed by atoms with E-state index in [4.69, 9.17) is 0 Å².